The summed E-state index contributed by atoms with van der Waals surface area (Å²) in [6.45, 7) is 6.56. The molecule has 2 aromatic rings. The van der Waals surface area contributed by atoms with Gasteiger partial charge in [0.05, 0.1) is 17.8 Å². The first-order chi connectivity index (χ1) is 21.3. The van der Waals surface area contributed by atoms with Crippen molar-refractivity contribution in [3.63, 3.8) is 0 Å². The second-order valence-electron chi connectivity index (χ2n) is 13.3. The number of nitrogens with one attached hydrogen (secondary N) is 1. The van der Waals surface area contributed by atoms with Crippen LogP contribution in [0.25, 0.3) is 0 Å². The smallest absolute Gasteiger partial charge is 0.248 e. The van der Waals surface area contributed by atoms with E-state index in [1.807, 2.05) is 24.4 Å². The molecule has 1 saturated heterocycles. The number of likely N-dealkylation sites (N-methyl/N-ethyl adjacent to an activating group) is 1. The molecule has 1 aliphatic heterocycles. The summed E-state index contributed by atoms with van der Waals surface area (Å²) in [4.78, 5) is 25.8. The van der Waals surface area contributed by atoms with Crippen LogP contribution in [-0.4, -0.2) is 90.4 Å². The molecule has 2 fully saturated rings. The van der Waals surface area contributed by atoms with E-state index in [4.69, 9.17) is 10.7 Å². The highest BCUT2D eigenvalue weighted by atomic mass is 19.3. The molecule has 3 N–H and O–H groups in total. The maximum Gasteiger partial charge on any atom is 0.248 e. The number of pyridine rings is 1. The van der Waals surface area contributed by atoms with Gasteiger partial charge in [0.25, 0.3) is 0 Å². The summed E-state index contributed by atoms with van der Waals surface area (Å²) in [6, 6.07) is 15.0. The largest absolute Gasteiger partial charge is 0.349 e. The van der Waals surface area contributed by atoms with E-state index in [0.717, 1.165) is 83.5 Å². The van der Waals surface area contributed by atoms with Crippen molar-refractivity contribution in [3.8, 4) is 0 Å². The fraction of sp³-hybridized carbons (Fsp3) is 0.657. The molecule has 0 radical (unpaired) electrons. The Morgan fingerprint density at radius 1 is 1.11 bits per heavy atom. The summed E-state index contributed by atoms with van der Waals surface area (Å²) in [5.41, 5.74) is 9.59. The second kappa shape index (κ2) is 15.7. The average Bonchev–Trinajstić information content (AvgIpc) is 3.04. The van der Waals surface area contributed by atoms with Crippen molar-refractivity contribution >= 4 is 5.91 Å². The number of nitrogens with two attached hydrogens (primary N) is 1. The van der Waals surface area contributed by atoms with Gasteiger partial charge in [-0.3, -0.25) is 19.6 Å². The van der Waals surface area contributed by atoms with Crippen LogP contribution in [0.4, 0.5) is 8.78 Å². The van der Waals surface area contributed by atoms with E-state index in [-0.39, 0.29) is 43.6 Å². The van der Waals surface area contributed by atoms with Crippen molar-refractivity contribution in [3.05, 3.63) is 65.5 Å². The number of benzene rings is 1. The lowest BCUT2D eigenvalue weighted by Crippen LogP contribution is -2.56. The molecule has 0 unspecified atom stereocenters. The summed E-state index contributed by atoms with van der Waals surface area (Å²) >= 11 is 0. The van der Waals surface area contributed by atoms with Crippen molar-refractivity contribution in [1.29, 1.82) is 0 Å². The van der Waals surface area contributed by atoms with Gasteiger partial charge in [-0.05, 0) is 88.7 Å². The minimum atomic E-state index is -2.63. The summed E-state index contributed by atoms with van der Waals surface area (Å²) in [6.07, 6.45) is 8.40. The molecule has 3 aliphatic rings. The van der Waals surface area contributed by atoms with Gasteiger partial charge in [-0.2, -0.15) is 0 Å². The number of aromatic nitrogens is 1. The highest BCUT2D eigenvalue weighted by Gasteiger charge is 2.38. The summed E-state index contributed by atoms with van der Waals surface area (Å²) in [7, 11) is 2.24. The molecule has 44 heavy (non-hydrogen) atoms. The van der Waals surface area contributed by atoms with Gasteiger partial charge in [-0.25, -0.2) is 8.78 Å². The molecule has 7 nitrogen and oxygen atoms in total. The summed E-state index contributed by atoms with van der Waals surface area (Å²) < 4.78 is 27.5. The van der Waals surface area contributed by atoms with Gasteiger partial charge in [0.2, 0.25) is 11.8 Å². The highest BCUT2D eigenvalue weighted by molar-refractivity contribution is 5.79. The van der Waals surface area contributed by atoms with Crippen molar-refractivity contribution in [2.45, 2.75) is 88.3 Å². The number of aryl methyl sites for hydroxylation is 1. The minimum absolute atomic E-state index is 0.0832. The zero-order chi connectivity index (χ0) is 30.9. The number of amides is 1. The van der Waals surface area contributed by atoms with Crippen molar-refractivity contribution in [2.75, 3.05) is 52.9 Å². The first-order valence-electron chi connectivity index (χ1n) is 16.9. The molecule has 1 saturated carbocycles. The SMILES string of the molecule is CN1CCN(CC[C@H](NC(=O)C2CCC(F)(F)CC2)c2ccccc2)C[C@@H]1CN(CCCCN)[C@H]1CCCc2cccnc21. The lowest BCUT2D eigenvalue weighted by atomic mass is 9.86. The maximum absolute atomic E-state index is 13.7. The third-order valence-corrected chi connectivity index (χ3v) is 10.2. The Bertz CT molecular complexity index is 1170. The van der Waals surface area contributed by atoms with Crippen LogP contribution in [0.2, 0.25) is 0 Å². The lowest BCUT2D eigenvalue weighted by molar-refractivity contribution is -0.130. The molecule has 1 aromatic carbocycles. The zero-order valence-electron chi connectivity index (χ0n) is 26.5. The zero-order valence-corrected chi connectivity index (χ0v) is 26.5. The predicted molar refractivity (Wildman–Crippen MR) is 171 cm³/mol. The van der Waals surface area contributed by atoms with Crippen LogP contribution in [0.3, 0.4) is 0 Å². The molecular weight excluding hydrogens is 558 g/mol. The number of carbonyl (C=O) groups is 1. The summed E-state index contributed by atoms with van der Waals surface area (Å²) in [5.74, 6) is -3.05. The molecule has 1 aromatic heterocycles. The molecule has 2 aliphatic carbocycles. The van der Waals surface area contributed by atoms with Gasteiger partial charge in [0.15, 0.2) is 0 Å². The number of hydrogen-bond acceptors (Lipinski definition) is 6. The van der Waals surface area contributed by atoms with E-state index in [9.17, 15) is 13.6 Å². The van der Waals surface area contributed by atoms with E-state index >= 15 is 0 Å². The fourth-order valence-corrected chi connectivity index (χ4v) is 7.37. The van der Waals surface area contributed by atoms with E-state index in [0.29, 0.717) is 12.1 Å². The number of rotatable bonds is 13. The Morgan fingerprint density at radius 2 is 1.91 bits per heavy atom. The average molecular weight is 611 g/mol. The topological polar surface area (TPSA) is 77.7 Å². The Morgan fingerprint density at radius 3 is 2.68 bits per heavy atom. The molecule has 1 amide bonds. The Hall–Kier alpha value is -2.46. The lowest BCUT2D eigenvalue weighted by Gasteiger charge is -2.44. The number of fused-ring (bicyclic) bond motifs is 1. The number of carbonyl (C=O) groups excluding carboxylic acids is 1. The number of unbranched alkanes of at least 4 members (excludes halogenated alkanes) is 1. The van der Waals surface area contributed by atoms with Gasteiger partial charge in [-0.15, -0.1) is 0 Å². The van der Waals surface area contributed by atoms with Crippen LogP contribution in [0.1, 0.15) is 86.7 Å². The van der Waals surface area contributed by atoms with Crippen LogP contribution in [0, 0.1) is 5.92 Å². The molecular formula is C35H52F2N6O. The standard InChI is InChI=1S/C35H52F2N6O/c1-41-23-24-42(22-16-31(27-9-3-2-4-10-27)40-34(44)29-14-17-35(36,37)18-15-29)25-30(41)26-43(21-6-5-19-38)32-13-7-11-28-12-8-20-39-33(28)32/h2-4,8-10,12,20,29-32H,5-7,11,13-19,21-26,38H2,1H3,(H,40,44)/t30-,31+,32+/m1/s1. The number of hydrogen-bond donors (Lipinski definition) is 2. The highest BCUT2D eigenvalue weighted by Crippen LogP contribution is 2.37. The Labute approximate surface area is 262 Å². The van der Waals surface area contributed by atoms with Gasteiger partial charge in [0, 0.05) is 63.7 Å². The van der Waals surface area contributed by atoms with Crippen LogP contribution >= 0.6 is 0 Å². The van der Waals surface area contributed by atoms with Crippen LogP contribution in [0.15, 0.2) is 48.7 Å². The van der Waals surface area contributed by atoms with Crippen molar-refractivity contribution < 1.29 is 13.6 Å². The number of halogens is 2. The van der Waals surface area contributed by atoms with Crippen LogP contribution in [0.5, 0.6) is 0 Å². The van der Waals surface area contributed by atoms with Gasteiger partial charge in [0.1, 0.15) is 0 Å². The number of nitrogens with zero attached hydrogens (tertiary/aromatic N) is 4. The normalized spacial score (nSPS) is 23.8. The van der Waals surface area contributed by atoms with E-state index < -0.39 is 5.92 Å². The molecule has 242 valence electrons. The Kier molecular flexibility index (Phi) is 11.7. The third-order valence-electron chi connectivity index (χ3n) is 10.2. The third kappa shape index (κ3) is 8.83. The molecule has 2 heterocycles. The molecule has 3 atom stereocenters. The maximum atomic E-state index is 13.7. The minimum Gasteiger partial charge on any atom is -0.349 e. The molecule has 5 rings (SSSR count). The van der Waals surface area contributed by atoms with E-state index in [2.05, 4.69) is 51.3 Å². The van der Waals surface area contributed by atoms with Crippen LogP contribution < -0.4 is 11.1 Å². The summed E-state index contributed by atoms with van der Waals surface area (Å²) in [5, 5.41) is 3.26. The van der Waals surface area contributed by atoms with E-state index in [1.165, 1.54) is 17.7 Å². The first-order valence-corrected chi connectivity index (χ1v) is 16.9. The first kappa shape index (κ1) is 32.9. The second-order valence-corrected chi connectivity index (χ2v) is 13.3. The van der Waals surface area contributed by atoms with E-state index in [1.54, 1.807) is 0 Å². The number of alkyl halides is 2. The Balaban J connectivity index is 1.22. The van der Waals surface area contributed by atoms with Gasteiger partial charge < -0.3 is 16.0 Å². The molecule has 0 bridgehead atoms. The molecule has 9 heteroatoms. The van der Waals surface area contributed by atoms with Gasteiger partial charge in [-0.1, -0.05) is 36.4 Å². The van der Waals surface area contributed by atoms with Gasteiger partial charge >= 0.3 is 0 Å². The monoisotopic (exact) mass is 610 g/mol. The fourth-order valence-electron chi connectivity index (χ4n) is 7.37. The number of piperazine rings is 1. The van der Waals surface area contributed by atoms with Crippen molar-refractivity contribution in [2.24, 2.45) is 11.7 Å². The predicted octanol–water partition coefficient (Wildman–Crippen LogP) is 5.19. The van der Waals surface area contributed by atoms with Crippen molar-refractivity contribution in [1.82, 2.24) is 25.0 Å². The molecule has 0 spiro atoms. The quantitative estimate of drug-likeness (QED) is 0.304. The van der Waals surface area contributed by atoms with Crippen LogP contribution in [-0.2, 0) is 11.2 Å².